The smallest absolute Gasteiger partial charge is 0.317 e. The van der Waals surface area contributed by atoms with Crippen LogP contribution in [0.25, 0.3) is 0 Å². The van der Waals surface area contributed by atoms with E-state index in [9.17, 15) is 28.8 Å². The molecular formula is C31H44O9. The van der Waals surface area contributed by atoms with Gasteiger partial charge in [-0.2, -0.15) is 0 Å². The van der Waals surface area contributed by atoms with Crippen molar-refractivity contribution in [2.75, 3.05) is 0 Å². The van der Waals surface area contributed by atoms with Crippen molar-refractivity contribution in [2.24, 2.45) is 46.3 Å². The van der Waals surface area contributed by atoms with Gasteiger partial charge in [0.1, 0.15) is 0 Å². The molecule has 0 aromatic rings. The molecule has 7 atom stereocenters. The average molecular weight is 561 g/mol. The van der Waals surface area contributed by atoms with Crippen LogP contribution in [0.4, 0.5) is 0 Å². The minimum absolute atomic E-state index is 0.0519. The van der Waals surface area contributed by atoms with E-state index in [1.165, 1.54) is 0 Å². The molecule has 0 N–H and O–H groups in total. The molecular weight excluding hydrogens is 516 g/mol. The van der Waals surface area contributed by atoms with E-state index >= 15 is 0 Å². The zero-order valence-corrected chi connectivity index (χ0v) is 24.9. The van der Waals surface area contributed by atoms with Crippen molar-refractivity contribution in [1.82, 2.24) is 0 Å². The fourth-order valence-electron chi connectivity index (χ4n) is 7.55. The molecule has 0 bridgehead atoms. The molecule has 7 unspecified atom stereocenters. The van der Waals surface area contributed by atoms with E-state index in [-0.39, 0.29) is 42.4 Å². The van der Waals surface area contributed by atoms with Crippen LogP contribution >= 0.6 is 0 Å². The van der Waals surface area contributed by atoms with Crippen LogP contribution in [0.1, 0.15) is 99.8 Å². The summed E-state index contributed by atoms with van der Waals surface area (Å²) in [6.07, 6.45) is 5.74. The van der Waals surface area contributed by atoms with Gasteiger partial charge in [0, 0.05) is 0 Å². The van der Waals surface area contributed by atoms with Crippen LogP contribution < -0.4 is 0 Å². The van der Waals surface area contributed by atoms with E-state index in [0.29, 0.717) is 19.3 Å². The van der Waals surface area contributed by atoms with Gasteiger partial charge in [0.05, 0.1) is 37.0 Å². The Morgan fingerprint density at radius 3 is 1.75 bits per heavy atom. The molecule has 222 valence electrons. The Labute approximate surface area is 236 Å². The van der Waals surface area contributed by atoms with Crippen molar-refractivity contribution in [3.63, 3.8) is 0 Å². The van der Waals surface area contributed by atoms with Crippen LogP contribution in [0.2, 0.25) is 0 Å². The van der Waals surface area contributed by atoms with Crippen molar-refractivity contribution in [1.29, 1.82) is 0 Å². The lowest BCUT2D eigenvalue weighted by Gasteiger charge is -2.38. The van der Waals surface area contributed by atoms with Gasteiger partial charge in [-0.15, -0.1) is 0 Å². The van der Waals surface area contributed by atoms with E-state index in [2.05, 4.69) is 38.5 Å². The first kappa shape index (κ1) is 31.7. The van der Waals surface area contributed by atoms with Gasteiger partial charge in [-0.3, -0.25) is 28.8 Å². The monoisotopic (exact) mass is 560 g/mol. The molecule has 0 aromatic heterocycles. The van der Waals surface area contributed by atoms with Crippen molar-refractivity contribution in [2.45, 2.75) is 99.8 Å². The Morgan fingerprint density at radius 1 is 0.750 bits per heavy atom. The number of carbonyl (C=O) groups is 6. The largest absolute Gasteiger partial charge is 0.393 e. The first-order valence-electron chi connectivity index (χ1n) is 14.4. The maximum Gasteiger partial charge on any atom is 0.317 e. The van der Waals surface area contributed by atoms with Crippen LogP contribution in [0.15, 0.2) is 11.6 Å². The second-order valence-corrected chi connectivity index (χ2v) is 13.7. The molecule has 3 aliphatic rings. The number of hydrogen-bond donors (Lipinski definition) is 0. The van der Waals surface area contributed by atoms with E-state index in [4.69, 9.17) is 9.47 Å². The summed E-state index contributed by atoms with van der Waals surface area (Å²) < 4.78 is 14.4. The number of hydrogen-bond acceptors (Lipinski definition) is 9. The molecule has 0 amide bonds. The highest BCUT2D eigenvalue weighted by molar-refractivity contribution is 5.96. The predicted molar refractivity (Wildman–Crippen MR) is 144 cm³/mol. The Balaban J connectivity index is 1.67. The number of carbonyl (C=O) groups excluding carboxylic acids is 6. The fraction of sp³-hybridized carbons (Fsp3) is 0.742. The first-order valence-corrected chi connectivity index (χ1v) is 14.4. The number of allylic oxidation sites excluding steroid dienone is 2. The summed E-state index contributed by atoms with van der Waals surface area (Å²) in [7, 11) is 0. The summed E-state index contributed by atoms with van der Waals surface area (Å²) in [5.74, 6) is -3.76. The normalized spacial score (nSPS) is 27.8. The quantitative estimate of drug-likeness (QED) is 0.131. The summed E-state index contributed by atoms with van der Waals surface area (Å²) >= 11 is 0. The van der Waals surface area contributed by atoms with Crippen molar-refractivity contribution < 1.29 is 43.0 Å². The minimum Gasteiger partial charge on any atom is -0.393 e. The second kappa shape index (κ2) is 12.4. The molecule has 3 heterocycles. The Hall–Kier alpha value is -2.84. The number of cyclic esters (lactones) is 6. The van der Waals surface area contributed by atoms with Crippen molar-refractivity contribution >= 4 is 35.8 Å². The van der Waals surface area contributed by atoms with Gasteiger partial charge in [0.25, 0.3) is 0 Å². The maximum atomic E-state index is 12.7. The van der Waals surface area contributed by atoms with Gasteiger partial charge in [-0.1, -0.05) is 53.2 Å². The fourth-order valence-corrected chi connectivity index (χ4v) is 7.55. The van der Waals surface area contributed by atoms with Gasteiger partial charge >= 0.3 is 35.8 Å². The summed E-state index contributed by atoms with van der Waals surface area (Å²) in [6, 6.07) is 0. The minimum atomic E-state index is -0.535. The molecule has 40 heavy (non-hydrogen) atoms. The lowest BCUT2D eigenvalue weighted by Crippen LogP contribution is -2.35. The maximum absolute atomic E-state index is 12.7. The van der Waals surface area contributed by atoms with Crippen LogP contribution in [0.5, 0.6) is 0 Å². The zero-order valence-electron chi connectivity index (χ0n) is 24.9. The van der Waals surface area contributed by atoms with Crippen LogP contribution in [0, 0.1) is 46.3 Å². The third kappa shape index (κ3) is 7.88. The molecule has 0 aliphatic carbocycles. The van der Waals surface area contributed by atoms with Crippen LogP contribution in [0.3, 0.4) is 0 Å². The lowest BCUT2D eigenvalue weighted by atomic mass is 9.64. The Bertz CT molecular complexity index is 1090. The van der Waals surface area contributed by atoms with E-state index in [1.807, 2.05) is 20.8 Å². The van der Waals surface area contributed by atoms with Gasteiger partial charge in [-0.25, -0.2) is 0 Å². The van der Waals surface area contributed by atoms with Crippen molar-refractivity contribution in [3.05, 3.63) is 11.6 Å². The van der Waals surface area contributed by atoms with Gasteiger partial charge in [0.15, 0.2) is 0 Å². The summed E-state index contributed by atoms with van der Waals surface area (Å²) in [6.45, 7) is 14.3. The highest BCUT2D eigenvalue weighted by Crippen LogP contribution is 2.47. The summed E-state index contributed by atoms with van der Waals surface area (Å²) in [5, 5.41) is 0. The molecule has 3 rings (SSSR count). The highest BCUT2D eigenvalue weighted by atomic mass is 16.6. The molecule has 3 fully saturated rings. The molecule has 3 aliphatic heterocycles. The first-order chi connectivity index (χ1) is 18.5. The van der Waals surface area contributed by atoms with Crippen LogP contribution in [-0.2, 0) is 43.0 Å². The Kier molecular flexibility index (Phi) is 9.78. The molecule has 9 nitrogen and oxygen atoms in total. The zero-order chi connectivity index (χ0) is 30.0. The number of ether oxygens (including phenoxy) is 3. The van der Waals surface area contributed by atoms with Gasteiger partial charge in [-0.05, 0) is 67.6 Å². The van der Waals surface area contributed by atoms with E-state index in [0.717, 1.165) is 18.4 Å². The lowest BCUT2D eigenvalue weighted by molar-refractivity contribution is -0.156. The Morgan fingerprint density at radius 2 is 1.25 bits per heavy atom. The third-order valence-corrected chi connectivity index (χ3v) is 8.90. The van der Waals surface area contributed by atoms with Crippen LogP contribution in [-0.4, -0.2) is 35.8 Å². The van der Waals surface area contributed by atoms with Gasteiger partial charge in [0.2, 0.25) is 0 Å². The summed E-state index contributed by atoms with van der Waals surface area (Å²) in [5.41, 5.74) is 0.0860. The van der Waals surface area contributed by atoms with E-state index in [1.54, 1.807) is 0 Å². The van der Waals surface area contributed by atoms with E-state index < -0.39 is 59.0 Å². The molecule has 0 spiro atoms. The average Bonchev–Trinajstić information content (AvgIpc) is 3.42. The molecule has 0 saturated carbocycles. The molecule has 0 radical (unpaired) electrons. The molecule has 0 aromatic carbocycles. The predicted octanol–water partition coefficient (Wildman–Crippen LogP) is 5.09. The topological polar surface area (TPSA) is 130 Å². The highest BCUT2D eigenvalue weighted by Gasteiger charge is 2.48. The summed E-state index contributed by atoms with van der Waals surface area (Å²) in [4.78, 5) is 71.9. The third-order valence-electron chi connectivity index (χ3n) is 8.90. The standard InChI is InChI=1S/C31H44O9/c1-17(10-21-11-24(32)38-27(21)35)8-19(3)15-31(7,23-13-26(34)40-29(23)37)16-20(4)9-18(2)14-30(5,6)22-12-25(33)39-28(22)36/h8,18-23H,9-16H2,1-7H3/b17-8+. The number of esters is 6. The molecule has 3 saturated heterocycles. The van der Waals surface area contributed by atoms with Crippen molar-refractivity contribution in [3.8, 4) is 0 Å². The number of rotatable bonds is 13. The SMILES string of the molecule is C/C(=C\C(C)CC(C)(CC(C)CC(C)CC(C)(C)C1CC(=O)OC1=O)C1CC(=O)OC1=O)CC1CC(=O)OC1=O. The second-order valence-electron chi connectivity index (χ2n) is 13.7. The van der Waals surface area contributed by atoms with Gasteiger partial charge < -0.3 is 14.2 Å². The molecule has 9 heteroatoms.